The molecule has 0 unspecified atom stereocenters. The van der Waals surface area contributed by atoms with E-state index in [0.29, 0.717) is 31.6 Å². The van der Waals surface area contributed by atoms with Gasteiger partial charge in [-0.1, -0.05) is 60.7 Å². The number of nitrogens with zero attached hydrogens (tertiary/aromatic N) is 1. The van der Waals surface area contributed by atoms with E-state index in [1.165, 1.54) is 6.92 Å². The zero-order valence-electron chi connectivity index (χ0n) is 20.6. The van der Waals surface area contributed by atoms with Crippen LogP contribution < -0.4 is 0 Å². The fourth-order valence-corrected chi connectivity index (χ4v) is 5.09. The van der Waals surface area contributed by atoms with Crippen molar-refractivity contribution >= 4 is 5.91 Å². The second-order valence-electron chi connectivity index (χ2n) is 9.48. The van der Waals surface area contributed by atoms with E-state index < -0.39 is 36.2 Å². The van der Waals surface area contributed by atoms with E-state index in [1.54, 1.807) is 4.90 Å². The van der Waals surface area contributed by atoms with Crippen molar-refractivity contribution in [1.82, 2.24) is 4.90 Å². The summed E-state index contributed by atoms with van der Waals surface area (Å²) in [7, 11) is 0. The molecule has 0 radical (unpaired) electrons. The van der Waals surface area contributed by atoms with Crippen molar-refractivity contribution in [2.75, 3.05) is 13.1 Å². The normalized spacial score (nSPS) is 18.6. The van der Waals surface area contributed by atoms with Gasteiger partial charge in [-0.15, -0.1) is 0 Å². The Hall–Kier alpha value is -3.33. The van der Waals surface area contributed by atoms with Crippen molar-refractivity contribution in [3.63, 3.8) is 0 Å². The van der Waals surface area contributed by atoms with Gasteiger partial charge in [0.1, 0.15) is 0 Å². The monoisotopic (exact) mass is 535 g/mol. The standard InChI is InChI=1S/C29H27F6NO2/c1-19(37)36-13-12-26(38-18-20-14-23(28(30,31)32)16-24(15-20)29(33,34)35)25(17-36)27(21-8-4-2-5-9-21)22-10-6-3-7-11-22/h2-11,14-16,25-27H,12-13,17-18H2,1H3/t25-,26+/m0/s1. The summed E-state index contributed by atoms with van der Waals surface area (Å²) >= 11 is 0. The number of alkyl halides is 6. The summed E-state index contributed by atoms with van der Waals surface area (Å²) < 4.78 is 86.2. The van der Waals surface area contributed by atoms with Crippen LogP contribution in [-0.4, -0.2) is 30.0 Å². The summed E-state index contributed by atoms with van der Waals surface area (Å²) in [6.07, 6.45) is -9.99. The van der Waals surface area contributed by atoms with Crippen LogP contribution in [0.3, 0.4) is 0 Å². The fourth-order valence-electron chi connectivity index (χ4n) is 5.09. The van der Waals surface area contributed by atoms with Gasteiger partial charge in [0.15, 0.2) is 0 Å². The predicted octanol–water partition coefficient (Wildman–Crippen LogP) is 7.31. The third kappa shape index (κ3) is 6.56. The molecule has 0 aliphatic carbocycles. The largest absolute Gasteiger partial charge is 0.416 e. The minimum Gasteiger partial charge on any atom is -0.373 e. The molecule has 0 spiro atoms. The Labute approximate surface area is 217 Å². The lowest BCUT2D eigenvalue weighted by Gasteiger charge is -2.42. The molecule has 0 N–H and O–H groups in total. The Bertz CT molecular complexity index is 1160. The summed E-state index contributed by atoms with van der Waals surface area (Å²) in [6.45, 7) is 1.76. The third-order valence-corrected chi connectivity index (χ3v) is 6.89. The molecule has 3 nitrogen and oxygen atoms in total. The molecular formula is C29H27F6NO2. The first-order valence-electron chi connectivity index (χ1n) is 12.2. The van der Waals surface area contributed by atoms with Crippen molar-refractivity contribution in [3.05, 3.63) is 107 Å². The number of likely N-dealkylation sites (tertiary alicyclic amines) is 1. The van der Waals surface area contributed by atoms with Crippen molar-refractivity contribution in [1.29, 1.82) is 0 Å². The fraction of sp³-hybridized carbons (Fsp3) is 0.345. The number of benzene rings is 3. The van der Waals surface area contributed by atoms with Gasteiger partial charge in [-0.3, -0.25) is 4.79 Å². The summed E-state index contributed by atoms with van der Waals surface area (Å²) in [5.41, 5.74) is -1.02. The molecule has 0 saturated carbocycles. The zero-order valence-corrected chi connectivity index (χ0v) is 20.6. The van der Waals surface area contributed by atoms with Gasteiger partial charge in [-0.05, 0) is 41.3 Å². The van der Waals surface area contributed by atoms with Crippen LogP contribution in [-0.2, 0) is 28.5 Å². The molecule has 1 fully saturated rings. The maximum absolute atomic E-state index is 13.3. The molecule has 202 valence electrons. The topological polar surface area (TPSA) is 29.5 Å². The number of halogens is 6. The highest BCUT2D eigenvalue weighted by Crippen LogP contribution is 2.40. The molecule has 3 aromatic carbocycles. The van der Waals surface area contributed by atoms with Crippen molar-refractivity contribution < 1.29 is 35.9 Å². The van der Waals surface area contributed by atoms with Crippen LogP contribution in [0, 0.1) is 5.92 Å². The number of amides is 1. The van der Waals surface area contributed by atoms with Gasteiger partial charge in [0.25, 0.3) is 0 Å². The van der Waals surface area contributed by atoms with Gasteiger partial charge < -0.3 is 9.64 Å². The minimum atomic E-state index is -4.93. The van der Waals surface area contributed by atoms with E-state index in [1.807, 2.05) is 60.7 Å². The quantitative estimate of drug-likeness (QED) is 0.310. The lowest BCUT2D eigenvalue weighted by atomic mass is 9.75. The lowest BCUT2D eigenvalue weighted by molar-refractivity contribution is -0.143. The Morgan fingerprint density at radius 3 is 1.82 bits per heavy atom. The molecule has 0 aromatic heterocycles. The SMILES string of the molecule is CC(=O)N1CC[C@@H](OCc2cc(C(F)(F)F)cc(C(F)(F)F)c2)[C@@H](C(c2ccccc2)c2ccccc2)C1. The minimum absolute atomic E-state index is 0.110. The first-order chi connectivity index (χ1) is 17.9. The molecule has 2 atom stereocenters. The average Bonchev–Trinajstić information content (AvgIpc) is 2.88. The molecule has 1 heterocycles. The first-order valence-corrected chi connectivity index (χ1v) is 12.2. The number of carbonyl (C=O) groups excluding carboxylic acids is 1. The molecule has 9 heteroatoms. The van der Waals surface area contributed by atoms with E-state index in [-0.39, 0.29) is 29.4 Å². The number of hydrogen-bond acceptors (Lipinski definition) is 2. The predicted molar refractivity (Wildman–Crippen MR) is 130 cm³/mol. The molecule has 0 bridgehead atoms. The summed E-state index contributed by atoms with van der Waals surface area (Å²) in [5, 5.41) is 0. The van der Waals surface area contributed by atoms with Gasteiger partial charge in [0.05, 0.1) is 23.8 Å². The molecule has 1 amide bonds. The average molecular weight is 536 g/mol. The van der Waals surface area contributed by atoms with Crippen molar-refractivity contribution in [2.45, 2.75) is 44.3 Å². The van der Waals surface area contributed by atoms with Gasteiger partial charge in [0, 0.05) is 31.8 Å². The molecule has 1 saturated heterocycles. The lowest BCUT2D eigenvalue weighted by Crippen LogP contribution is -2.48. The second kappa shape index (κ2) is 11.2. The summed E-state index contributed by atoms with van der Waals surface area (Å²) in [6, 6.07) is 20.7. The van der Waals surface area contributed by atoms with Crippen LogP contribution in [0.4, 0.5) is 26.3 Å². The van der Waals surface area contributed by atoms with Crippen LogP contribution >= 0.6 is 0 Å². The van der Waals surface area contributed by atoms with Crippen molar-refractivity contribution in [2.24, 2.45) is 5.92 Å². The number of ether oxygens (including phenoxy) is 1. The van der Waals surface area contributed by atoms with E-state index in [4.69, 9.17) is 4.74 Å². The van der Waals surface area contributed by atoms with Crippen molar-refractivity contribution in [3.8, 4) is 0 Å². The highest BCUT2D eigenvalue weighted by atomic mass is 19.4. The molecule has 1 aliphatic heterocycles. The highest BCUT2D eigenvalue weighted by molar-refractivity contribution is 5.73. The van der Waals surface area contributed by atoms with Gasteiger partial charge in [-0.2, -0.15) is 26.3 Å². The molecule has 38 heavy (non-hydrogen) atoms. The molecule has 1 aliphatic rings. The Balaban J connectivity index is 1.68. The van der Waals surface area contributed by atoms with E-state index >= 15 is 0 Å². The maximum Gasteiger partial charge on any atom is 0.416 e. The van der Waals surface area contributed by atoms with Crippen LogP contribution in [0.5, 0.6) is 0 Å². The number of rotatable bonds is 6. The number of carbonyl (C=O) groups is 1. The van der Waals surface area contributed by atoms with Gasteiger partial charge >= 0.3 is 12.4 Å². The number of hydrogen-bond donors (Lipinski definition) is 0. The second-order valence-corrected chi connectivity index (χ2v) is 9.48. The van der Waals surface area contributed by atoms with Crippen LogP contribution in [0.1, 0.15) is 47.1 Å². The smallest absolute Gasteiger partial charge is 0.373 e. The molecular weight excluding hydrogens is 508 g/mol. The van der Waals surface area contributed by atoms with E-state index in [9.17, 15) is 31.1 Å². The Morgan fingerprint density at radius 2 is 1.37 bits per heavy atom. The molecule has 3 aromatic rings. The zero-order chi connectivity index (χ0) is 27.5. The number of piperidine rings is 1. The van der Waals surface area contributed by atoms with Crippen LogP contribution in [0.15, 0.2) is 78.9 Å². The van der Waals surface area contributed by atoms with E-state index in [0.717, 1.165) is 11.1 Å². The van der Waals surface area contributed by atoms with Gasteiger partial charge in [0.2, 0.25) is 5.91 Å². The highest BCUT2D eigenvalue weighted by Gasteiger charge is 2.39. The Kier molecular flexibility index (Phi) is 8.16. The maximum atomic E-state index is 13.3. The first kappa shape index (κ1) is 27.7. The third-order valence-electron chi connectivity index (χ3n) is 6.89. The van der Waals surface area contributed by atoms with E-state index in [2.05, 4.69) is 0 Å². The van der Waals surface area contributed by atoms with Gasteiger partial charge in [-0.25, -0.2) is 0 Å². The van der Waals surface area contributed by atoms with Crippen LogP contribution in [0.25, 0.3) is 0 Å². The summed E-state index contributed by atoms with van der Waals surface area (Å²) in [5.74, 6) is -0.608. The molecule has 4 rings (SSSR count). The Morgan fingerprint density at radius 1 is 0.868 bits per heavy atom. The van der Waals surface area contributed by atoms with Crippen LogP contribution in [0.2, 0.25) is 0 Å². The summed E-state index contributed by atoms with van der Waals surface area (Å²) in [4.78, 5) is 14.0.